The molecule has 1 aromatic carbocycles. The second kappa shape index (κ2) is 7.27. The molecule has 0 saturated heterocycles. The molecule has 1 heterocycles. The van der Waals surface area contributed by atoms with E-state index < -0.39 is 11.8 Å². The molecular weight excluding hydrogens is 340 g/mol. The van der Waals surface area contributed by atoms with E-state index in [4.69, 9.17) is 14.2 Å². The van der Waals surface area contributed by atoms with Gasteiger partial charge in [-0.05, 0) is 36.1 Å². The summed E-state index contributed by atoms with van der Waals surface area (Å²) >= 11 is 1.39. The van der Waals surface area contributed by atoms with Gasteiger partial charge in [0.15, 0.2) is 5.78 Å². The van der Waals surface area contributed by atoms with Crippen molar-refractivity contribution in [2.75, 3.05) is 20.8 Å². The Balaban J connectivity index is 1.94. The quantitative estimate of drug-likeness (QED) is 0.558. The lowest BCUT2D eigenvalue weighted by Crippen LogP contribution is -2.11. The van der Waals surface area contributed by atoms with Crippen LogP contribution in [0.5, 0.6) is 11.5 Å². The zero-order valence-electron chi connectivity index (χ0n) is 14.4. The number of ether oxygens (including phenoxy) is 3. The molecule has 0 amide bonds. The number of esters is 1. The highest BCUT2D eigenvalue weighted by atomic mass is 32.1. The number of thiophene rings is 1. The Morgan fingerprint density at radius 3 is 2.28 bits per heavy atom. The van der Waals surface area contributed by atoms with E-state index in [0.717, 1.165) is 5.56 Å². The number of benzene rings is 1. The van der Waals surface area contributed by atoms with Crippen molar-refractivity contribution in [2.45, 2.75) is 12.8 Å². The van der Waals surface area contributed by atoms with E-state index in [2.05, 4.69) is 0 Å². The van der Waals surface area contributed by atoms with Crippen LogP contribution in [-0.4, -0.2) is 32.6 Å². The highest BCUT2D eigenvalue weighted by Gasteiger charge is 2.60. The van der Waals surface area contributed by atoms with Gasteiger partial charge in [0.1, 0.15) is 11.5 Å². The predicted molar refractivity (Wildman–Crippen MR) is 94.5 cm³/mol. The van der Waals surface area contributed by atoms with Gasteiger partial charge in [0, 0.05) is 17.9 Å². The fourth-order valence-electron chi connectivity index (χ4n) is 3.19. The minimum Gasteiger partial charge on any atom is -0.497 e. The third-order valence-electron chi connectivity index (χ3n) is 4.40. The molecule has 1 aliphatic rings. The predicted octanol–water partition coefficient (Wildman–Crippen LogP) is 3.54. The monoisotopic (exact) mass is 360 g/mol. The Morgan fingerprint density at radius 2 is 1.76 bits per heavy atom. The van der Waals surface area contributed by atoms with Crippen molar-refractivity contribution < 1.29 is 23.8 Å². The van der Waals surface area contributed by atoms with Gasteiger partial charge in [0.05, 0.1) is 31.6 Å². The summed E-state index contributed by atoms with van der Waals surface area (Å²) in [6.45, 7) is 2.06. The number of rotatable bonds is 7. The minimum absolute atomic E-state index is 0.0140. The molecule has 3 atom stereocenters. The Labute approximate surface area is 150 Å². The van der Waals surface area contributed by atoms with Gasteiger partial charge in [-0.1, -0.05) is 6.07 Å². The third-order valence-corrected chi connectivity index (χ3v) is 5.29. The van der Waals surface area contributed by atoms with Gasteiger partial charge in [-0.2, -0.15) is 0 Å². The highest BCUT2D eigenvalue weighted by Crippen LogP contribution is 2.57. The maximum absolute atomic E-state index is 12.8. The number of methoxy groups -OCH3 is 2. The molecule has 0 aliphatic heterocycles. The lowest BCUT2D eigenvalue weighted by Gasteiger charge is -2.08. The highest BCUT2D eigenvalue weighted by molar-refractivity contribution is 7.12. The molecule has 5 nitrogen and oxygen atoms in total. The van der Waals surface area contributed by atoms with Crippen molar-refractivity contribution in [3.8, 4) is 11.5 Å². The van der Waals surface area contributed by atoms with Crippen molar-refractivity contribution in [3.05, 3.63) is 46.2 Å². The van der Waals surface area contributed by atoms with E-state index in [0.29, 0.717) is 23.0 Å². The first kappa shape index (κ1) is 17.5. The number of carbonyl (C=O) groups is 2. The molecule has 0 bridgehead atoms. The molecule has 3 rings (SSSR count). The Kier molecular flexibility index (Phi) is 5.08. The Bertz CT molecular complexity index is 746. The first-order valence-electron chi connectivity index (χ1n) is 8.08. The number of ketones is 1. The second-order valence-corrected chi connectivity index (χ2v) is 6.76. The molecule has 1 fully saturated rings. The molecule has 0 spiro atoms. The van der Waals surface area contributed by atoms with Crippen LogP contribution in [0, 0.1) is 11.8 Å². The standard InChI is InChI=1S/C19H20O5S/c1-4-24-19(21)17-15(16(17)18(20)14-6-5-7-25-14)11-8-12(22-2)10-13(9-11)23-3/h5-10,15-17H,4H2,1-3H3. The van der Waals surface area contributed by atoms with Crippen molar-refractivity contribution in [3.63, 3.8) is 0 Å². The fourth-order valence-corrected chi connectivity index (χ4v) is 3.90. The molecule has 0 radical (unpaired) electrons. The smallest absolute Gasteiger partial charge is 0.310 e. The zero-order chi connectivity index (χ0) is 18.0. The van der Waals surface area contributed by atoms with Gasteiger partial charge in [0.2, 0.25) is 0 Å². The molecule has 2 aromatic rings. The molecular formula is C19H20O5S. The molecule has 1 saturated carbocycles. The van der Waals surface area contributed by atoms with Crippen LogP contribution in [0.4, 0.5) is 0 Å². The van der Waals surface area contributed by atoms with Crippen LogP contribution in [-0.2, 0) is 9.53 Å². The summed E-state index contributed by atoms with van der Waals surface area (Å²) in [4.78, 5) is 25.8. The van der Waals surface area contributed by atoms with Crippen LogP contribution >= 0.6 is 11.3 Å². The van der Waals surface area contributed by atoms with Crippen LogP contribution in [0.1, 0.15) is 28.1 Å². The molecule has 1 aliphatic carbocycles. The molecule has 0 N–H and O–H groups in total. The van der Waals surface area contributed by atoms with Crippen LogP contribution in [0.15, 0.2) is 35.7 Å². The van der Waals surface area contributed by atoms with Crippen molar-refractivity contribution in [1.82, 2.24) is 0 Å². The summed E-state index contributed by atoms with van der Waals surface area (Å²) in [5, 5.41) is 1.86. The van der Waals surface area contributed by atoms with Crippen LogP contribution in [0.2, 0.25) is 0 Å². The largest absolute Gasteiger partial charge is 0.497 e. The summed E-state index contributed by atoms with van der Waals surface area (Å²) in [6.07, 6.45) is 0. The minimum atomic E-state index is -0.466. The van der Waals surface area contributed by atoms with E-state index in [1.807, 2.05) is 23.6 Å². The summed E-state index contributed by atoms with van der Waals surface area (Å²) in [5.74, 6) is -0.181. The van der Waals surface area contributed by atoms with Gasteiger partial charge in [-0.15, -0.1) is 11.3 Å². The molecule has 25 heavy (non-hydrogen) atoms. The average molecular weight is 360 g/mol. The first-order chi connectivity index (χ1) is 12.1. The Hall–Kier alpha value is -2.34. The Morgan fingerprint density at radius 1 is 1.08 bits per heavy atom. The van der Waals surface area contributed by atoms with E-state index in [1.165, 1.54) is 11.3 Å². The first-order valence-corrected chi connectivity index (χ1v) is 8.96. The van der Waals surface area contributed by atoms with Gasteiger partial charge in [-0.3, -0.25) is 9.59 Å². The molecule has 3 unspecified atom stereocenters. The maximum Gasteiger partial charge on any atom is 0.310 e. The number of carbonyl (C=O) groups excluding carboxylic acids is 2. The van der Waals surface area contributed by atoms with Crippen LogP contribution in [0.25, 0.3) is 0 Å². The maximum atomic E-state index is 12.8. The van der Waals surface area contributed by atoms with E-state index in [-0.39, 0.29) is 17.7 Å². The van der Waals surface area contributed by atoms with Crippen LogP contribution < -0.4 is 9.47 Å². The average Bonchev–Trinajstić information content (AvgIpc) is 3.14. The van der Waals surface area contributed by atoms with E-state index >= 15 is 0 Å². The van der Waals surface area contributed by atoms with Crippen molar-refractivity contribution in [2.24, 2.45) is 11.8 Å². The van der Waals surface area contributed by atoms with Gasteiger partial charge < -0.3 is 14.2 Å². The molecule has 6 heteroatoms. The van der Waals surface area contributed by atoms with E-state index in [1.54, 1.807) is 33.3 Å². The van der Waals surface area contributed by atoms with Crippen molar-refractivity contribution in [1.29, 1.82) is 0 Å². The number of hydrogen-bond acceptors (Lipinski definition) is 6. The topological polar surface area (TPSA) is 61.8 Å². The molecule has 1 aromatic heterocycles. The number of Topliss-reactive ketones (excluding diaryl/α,β-unsaturated/α-hetero) is 1. The normalized spacial score (nSPS) is 21.5. The van der Waals surface area contributed by atoms with Crippen LogP contribution in [0.3, 0.4) is 0 Å². The van der Waals surface area contributed by atoms with Gasteiger partial charge in [-0.25, -0.2) is 0 Å². The molecule has 132 valence electrons. The van der Waals surface area contributed by atoms with Crippen molar-refractivity contribution >= 4 is 23.1 Å². The summed E-state index contributed by atoms with van der Waals surface area (Å²) < 4.78 is 15.8. The fraction of sp³-hybridized carbons (Fsp3) is 0.368. The summed E-state index contributed by atoms with van der Waals surface area (Å²) in [5.41, 5.74) is 0.851. The van der Waals surface area contributed by atoms with E-state index in [9.17, 15) is 9.59 Å². The lowest BCUT2D eigenvalue weighted by atomic mass is 10.1. The zero-order valence-corrected chi connectivity index (χ0v) is 15.2. The van der Waals surface area contributed by atoms with Gasteiger partial charge in [0.25, 0.3) is 0 Å². The lowest BCUT2D eigenvalue weighted by molar-refractivity contribution is -0.145. The summed E-state index contributed by atoms with van der Waals surface area (Å²) in [7, 11) is 3.14. The van der Waals surface area contributed by atoms with Gasteiger partial charge >= 0.3 is 5.97 Å². The second-order valence-electron chi connectivity index (χ2n) is 5.82. The number of hydrogen-bond donors (Lipinski definition) is 0. The SMILES string of the molecule is CCOC(=O)C1C(C(=O)c2cccs2)C1c1cc(OC)cc(OC)c1. The third kappa shape index (κ3) is 3.39. The summed E-state index contributed by atoms with van der Waals surface area (Å²) in [6, 6.07) is 9.09.